The highest BCUT2D eigenvalue weighted by Crippen LogP contribution is 2.42. The molecule has 0 aromatic rings. The SMILES string of the molecule is COC1CC(NC(=O)CNC(=O)CN)C1(C)C. The van der Waals surface area contributed by atoms with Gasteiger partial charge in [0.2, 0.25) is 11.8 Å². The molecule has 6 nitrogen and oxygen atoms in total. The predicted octanol–water partition coefficient (Wildman–Crippen LogP) is -1.01. The fourth-order valence-electron chi connectivity index (χ4n) is 2.03. The van der Waals surface area contributed by atoms with Crippen molar-refractivity contribution in [2.24, 2.45) is 11.1 Å². The Kier molecular flexibility index (Phi) is 4.47. The average molecular weight is 243 g/mol. The third-order valence-electron chi connectivity index (χ3n) is 3.43. The molecule has 6 heteroatoms. The highest BCUT2D eigenvalue weighted by Gasteiger charge is 2.49. The Bertz CT molecular complexity index is 304. The zero-order valence-electron chi connectivity index (χ0n) is 10.6. The van der Waals surface area contributed by atoms with Crippen molar-refractivity contribution in [1.29, 1.82) is 0 Å². The number of hydrogen-bond acceptors (Lipinski definition) is 4. The summed E-state index contributed by atoms with van der Waals surface area (Å²) in [6.45, 7) is 3.97. The number of amides is 2. The molecule has 1 rings (SSSR count). The standard InChI is InChI=1S/C11H21N3O3/c1-11(2)7(4-8(11)17-3)14-10(16)6-13-9(15)5-12/h7-8H,4-6,12H2,1-3H3,(H,13,15)(H,14,16). The van der Waals surface area contributed by atoms with Crippen molar-refractivity contribution in [3.8, 4) is 0 Å². The number of methoxy groups -OCH3 is 1. The molecule has 0 saturated heterocycles. The highest BCUT2D eigenvalue weighted by molar-refractivity contribution is 5.85. The summed E-state index contributed by atoms with van der Waals surface area (Å²) in [6, 6.07) is 0.0923. The Labute approximate surface area is 101 Å². The van der Waals surface area contributed by atoms with Crippen LogP contribution in [0.2, 0.25) is 0 Å². The van der Waals surface area contributed by atoms with Crippen LogP contribution in [-0.4, -0.2) is 44.2 Å². The van der Waals surface area contributed by atoms with Gasteiger partial charge in [-0.3, -0.25) is 9.59 Å². The van der Waals surface area contributed by atoms with Crippen LogP contribution in [0.25, 0.3) is 0 Å². The summed E-state index contributed by atoms with van der Waals surface area (Å²) >= 11 is 0. The maximum Gasteiger partial charge on any atom is 0.239 e. The third-order valence-corrected chi connectivity index (χ3v) is 3.43. The lowest BCUT2D eigenvalue weighted by Crippen LogP contribution is -2.62. The van der Waals surface area contributed by atoms with Gasteiger partial charge in [0, 0.05) is 18.6 Å². The van der Waals surface area contributed by atoms with Crippen LogP contribution in [-0.2, 0) is 14.3 Å². The third kappa shape index (κ3) is 3.17. The van der Waals surface area contributed by atoms with E-state index in [1.165, 1.54) is 0 Å². The van der Waals surface area contributed by atoms with Crippen LogP contribution in [0.3, 0.4) is 0 Å². The topological polar surface area (TPSA) is 93.5 Å². The molecule has 98 valence electrons. The minimum Gasteiger partial charge on any atom is -0.381 e. The molecule has 0 aliphatic heterocycles. The molecular weight excluding hydrogens is 222 g/mol. The lowest BCUT2D eigenvalue weighted by Gasteiger charge is -2.51. The van der Waals surface area contributed by atoms with E-state index in [0.717, 1.165) is 6.42 Å². The van der Waals surface area contributed by atoms with Crippen molar-refractivity contribution in [1.82, 2.24) is 10.6 Å². The van der Waals surface area contributed by atoms with Gasteiger partial charge in [-0.25, -0.2) is 0 Å². The summed E-state index contributed by atoms with van der Waals surface area (Å²) in [5.41, 5.74) is 5.05. The molecule has 2 atom stereocenters. The quantitative estimate of drug-likeness (QED) is 0.577. The van der Waals surface area contributed by atoms with Crippen LogP contribution in [0, 0.1) is 5.41 Å². The van der Waals surface area contributed by atoms with Crippen molar-refractivity contribution < 1.29 is 14.3 Å². The van der Waals surface area contributed by atoms with E-state index in [0.29, 0.717) is 0 Å². The molecular formula is C11H21N3O3. The monoisotopic (exact) mass is 243 g/mol. The molecule has 2 unspecified atom stereocenters. The van der Waals surface area contributed by atoms with Gasteiger partial charge in [0.25, 0.3) is 0 Å². The van der Waals surface area contributed by atoms with E-state index in [-0.39, 0.29) is 42.5 Å². The molecule has 17 heavy (non-hydrogen) atoms. The summed E-state index contributed by atoms with van der Waals surface area (Å²) in [7, 11) is 1.67. The Morgan fingerprint density at radius 3 is 2.53 bits per heavy atom. The first-order chi connectivity index (χ1) is 7.91. The second-order valence-corrected chi connectivity index (χ2v) is 4.88. The maximum atomic E-state index is 11.5. The van der Waals surface area contributed by atoms with Gasteiger partial charge in [-0.2, -0.15) is 0 Å². The van der Waals surface area contributed by atoms with Crippen LogP contribution in [0.4, 0.5) is 0 Å². The van der Waals surface area contributed by atoms with Crippen LogP contribution in [0.15, 0.2) is 0 Å². The maximum absolute atomic E-state index is 11.5. The lowest BCUT2D eigenvalue weighted by molar-refractivity contribution is -0.133. The van der Waals surface area contributed by atoms with E-state index < -0.39 is 0 Å². The average Bonchev–Trinajstić information content (AvgIpc) is 2.30. The van der Waals surface area contributed by atoms with Gasteiger partial charge in [-0.15, -0.1) is 0 Å². The molecule has 1 saturated carbocycles. The van der Waals surface area contributed by atoms with Gasteiger partial charge in [0.1, 0.15) is 0 Å². The van der Waals surface area contributed by atoms with Crippen molar-refractivity contribution in [2.75, 3.05) is 20.2 Å². The van der Waals surface area contributed by atoms with Gasteiger partial charge in [0.05, 0.1) is 19.2 Å². The van der Waals surface area contributed by atoms with Crippen molar-refractivity contribution in [2.45, 2.75) is 32.4 Å². The molecule has 0 aromatic carbocycles. The first-order valence-electron chi connectivity index (χ1n) is 5.70. The second-order valence-electron chi connectivity index (χ2n) is 4.88. The molecule has 1 fully saturated rings. The molecule has 0 spiro atoms. The van der Waals surface area contributed by atoms with Gasteiger partial charge in [-0.05, 0) is 6.42 Å². The van der Waals surface area contributed by atoms with Gasteiger partial charge in [0.15, 0.2) is 0 Å². The normalized spacial score (nSPS) is 25.9. The summed E-state index contributed by atoms with van der Waals surface area (Å²) in [4.78, 5) is 22.4. The summed E-state index contributed by atoms with van der Waals surface area (Å²) in [5, 5.41) is 5.31. The number of rotatable bonds is 5. The van der Waals surface area contributed by atoms with E-state index >= 15 is 0 Å². The Hall–Kier alpha value is -1.14. The first kappa shape index (κ1) is 13.9. The molecule has 4 N–H and O–H groups in total. The number of nitrogens with one attached hydrogen (secondary N) is 2. The van der Waals surface area contributed by atoms with Crippen LogP contribution >= 0.6 is 0 Å². The Morgan fingerprint density at radius 2 is 2.06 bits per heavy atom. The Balaban J connectivity index is 2.31. The first-order valence-corrected chi connectivity index (χ1v) is 5.70. The minimum absolute atomic E-state index is 0.0275. The Morgan fingerprint density at radius 1 is 1.41 bits per heavy atom. The van der Waals surface area contributed by atoms with Crippen LogP contribution in [0.5, 0.6) is 0 Å². The number of carbonyl (C=O) groups is 2. The molecule has 0 heterocycles. The van der Waals surface area contributed by atoms with E-state index in [1.807, 2.05) is 13.8 Å². The minimum atomic E-state index is -0.331. The van der Waals surface area contributed by atoms with Crippen molar-refractivity contribution >= 4 is 11.8 Å². The fourth-order valence-corrected chi connectivity index (χ4v) is 2.03. The van der Waals surface area contributed by atoms with Crippen molar-refractivity contribution in [3.05, 3.63) is 0 Å². The molecule has 0 radical (unpaired) electrons. The second kappa shape index (κ2) is 5.46. The molecule has 2 amide bonds. The van der Waals surface area contributed by atoms with E-state index in [4.69, 9.17) is 10.5 Å². The van der Waals surface area contributed by atoms with E-state index in [2.05, 4.69) is 10.6 Å². The summed E-state index contributed by atoms with van der Waals surface area (Å²) in [5.74, 6) is -0.526. The smallest absolute Gasteiger partial charge is 0.239 e. The number of carbonyl (C=O) groups excluding carboxylic acids is 2. The fraction of sp³-hybridized carbons (Fsp3) is 0.818. The van der Waals surface area contributed by atoms with Gasteiger partial charge in [-0.1, -0.05) is 13.8 Å². The highest BCUT2D eigenvalue weighted by atomic mass is 16.5. The van der Waals surface area contributed by atoms with E-state index in [1.54, 1.807) is 7.11 Å². The molecule has 0 bridgehead atoms. The van der Waals surface area contributed by atoms with Crippen LogP contribution < -0.4 is 16.4 Å². The van der Waals surface area contributed by atoms with Crippen LogP contribution in [0.1, 0.15) is 20.3 Å². The molecule has 1 aliphatic rings. The van der Waals surface area contributed by atoms with Gasteiger partial charge >= 0.3 is 0 Å². The molecule has 1 aliphatic carbocycles. The summed E-state index contributed by atoms with van der Waals surface area (Å²) in [6.07, 6.45) is 0.978. The van der Waals surface area contributed by atoms with E-state index in [9.17, 15) is 9.59 Å². The number of hydrogen-bond donors (Lipinski definition) is 3. The zero-order chi connectivity index (χ0) is 13.1. The number of ether oxygens (including phenoxy) is 1. The number of nitrogens with two attached hydrogens (primary N) is 1. The largest absolute Gasteiger partial charge is 0.381 e. The molecule has 0 aromatic heterocycles. The predicted molar refractivity (Wildman–Crippen MR) is 63.2 cm³/mol. The summed E-state index contributed by atoms with van der Waals surface area (Å²) < 4.78 is 5.29. The zero-order valence-corrected chi connectivity index (χ0v) is 10.6. The van der Waals surface area contributed by atoms with Gasteiger partial charge < -0.3 is 21.1 Å². The lowest BCUT2D eigenvalue weighted by atomic mass is 9.64. The van der Waals surface area contributed by atoms with Crippen molar-refractivity contribution in [3.63, 3.8) is 0 Å².